The van der Waals surface area contributed by atoms with E-state index in [1.54, 1.807) is 0 Å². The predicted molar refractivity (Wildman–Crippen MR) is 152 cm³/mol. The van der Waals surface area contributed by atoms with Gasteiger partial charge in [0.05, 0.1) is 37.1 Å². The van der Waals surface area contributed by atoms with Gasteiger partial charge in [-0.15, -0.1) is 0 Å². The molecule has 39 heavy (non-hydrogen) atoms. The molecule has 3 rings (SSSR count). The van der Waals surface area contributed by atoms with Gasteiger partial charge in [-0.1, -0.05) is 60.7 Å². The Balaban J connectivity index is 1.58. The fraction of sp³-hybridized carbons (Fsp3) is 0.345. The lowest BCUT2D eigenvalue weighted by atomic mass is 9.93. The minimum atomic E-state index is -3.59. The molecule has 9 nitrogen and oxygen atoms in total. The third kappa shape index (κ3) is 9.67. The number of carbonyl (C=O) groups is 1. The van der Waals surface area contributed by atoms with Crippen LogP contribution in [0, 0.1) is 0 Å². The van der Waals surface area contributed by atoms with Crippen molar-refractivity contribution in [1.29, 1.82) is 0 Å². The molecule has 0 fully saturated rings. The SMILES string of the molecule is CC(C)(Cc1cccc(CC(=O)N[C@H](CO)c2ccccc2)c1)NC[C@@H](O)c1ccc(O)c(NS(C)(=O)=O)c1. The lowest BCUT2D eigenvalue weighted by Crippen LogP contribution is -2.43. The van der Waals surface area contributed by atoms with E-state index in [4.69, 9.17) is 0 Å². The number of hydrogen-bond donors (Lipinski definition) is 6. The summed E-state index contributed by atoms with van der Waals surface area (Å²) >= 11 is 0. The maximum atomic E-state index is 12.7. The van der Waals surface area contributed by atoms with Crippen LogP contribution in [0.15, 0.2) is 72.8 Å². The maximum Gasteiger partial charge on any atom is 0.229 e. The number of anilines is 1. The van der Waals surface area contributed by atoms with Crippen molar-refractivity contribution < 1.29 is 28.5 Å². The first kappa shape index (κ1) is 30.1. The molecule has 0 saturated carbocycles. The molecule has 6 N–H and O–H groups in total. The quantitative estimate of drug-likeness (QED) is 0.178. The molecule has 0 aliphatic carbocycles. The number of nitrogens with one attached hydrogen (secondary N) is 3. The summed E-state index contributed by atoms with van der Waals surface area (Å²) in [6.07, 6.45) is 0.838. The van der Waals surface area contributed by atoms with Crippen molar-refractivity contribution in [3.63, 3.8) is 0 Å². The number of benzene rings is 3. The summed E-state index contributed by atoms with van der Waals surface area (Å²) in [5.74, 6) is -0.417. The molecule has 0 aliphatic heterocycles. The molecule has 1 amide bonds. The topological polar surface area (TPSA) is 148 Å². The summed E-state index contributed by atoms with van der Waals surface area (Å²) < 4.78 is 25.3. The molecule has 0 heterocycles. The standard InChI is InChI=1S/C29H37N3O6S/c1-29(2,30-18-27(35)23-12-13-26(34)24(16-23)32-39(3,37)38)17-21-9-7-8-20(14-21)15-28(36)31-25(19-33)22-10-5-4-6-11-22/h4-14,16,25,27,30,32-35H,15,17-19H2,1-3H3,(H,31,36)/t25-,27-/m1/s1. The summed E-state index contributed by atoms with van der Waals surface area (Å²) in [4.78, 5) is 12.7. The van der Waals surface area contributed by atoms with Crippen molar-refractivity contribution in [2.45, 2.75) is 44.4 Å². The Labute approximate surface area is 230 Å². The Hall–Kier alpha value is -3.44. The van der Waals surface area contributed by atoms with Crippen LogP contribution in [0.5, 0.6) is 5.75 Å². The normalized spacial score (nSPS) is 13.5. The van der Waals surface area contributed by atoms with Crippen molar-refractivity contribution >= 4 is 21.6 Å². The van der Waals surface area contributed by atoms with Gasteiger partial charge in [0, 0.05) is 12.1 Å². The van der Waals surface area contributed by atoms with Gasteiger partial charge in [-0.3, -0.25) is 9.52 Å². The summed E-state index contributed by atoms with van der Waals surface area (Å²) in [5.41, 5.74) is 2.74. The van der Waals surface area contributed by atoms with Crippen LogP contribution in [-0.2, 0) is 27.7 Å². The number of carbonyl (C=O) groups excluding carboxylic acids is 1. The highest BCUT2D eigenvalue weighted by molar-refractivity contribution is 7.92. The molecule has 0 aromatic heterocycles. The zero-order chi connectivity index (χ0) is 28.6. The van der Waals surface area contributed by atoms with Gasteiger partial charge in [0.25, 0.3) is 0 Å². The van der Waals surface area contributed by atoms with E-state index in [0.29, 0.717) is 12.0 Å². The van der Waals surface area contributed by atoms with Crippen molar-refractivity contribution in [1.82, 2.24) is 10.6 Å². The van der Waals surface area contributed by atoms with E-state index in [-0.39, 0.29) is 36.9 Å². The summed E-state index contributed by atoms with van der Waals surface area (Å²) in [7, 11) is -3.59. The van der Waals surface area contributed by atoms with Crippen LogP contribution < -0.4 is 15.4 Å². The predicted octanol–water partition coefficient (Wildman–Crippen LogP) is 2.80. The molecular weight excluding hydrogens is 518 g/mol. The molecule has 2 atom stereocenters. The summed E-state index contributed by atoms with van der Waals surface area (Å²) in [6, 6.07) is 20.9. The van der Waals surface area contributed by atoms with E-state index in [0.717, 1.165) is 22.9 Å². The van der Waals surface area contributed by atoms with Gasteiger partial charge in [-0.05, 0) is 54.7 Å². The van der Waals surface area contributed by atoms with Crippen molar-refractivity contribution in [3.05, 3.63) is 95.1 Å². The number of phenols is 1. The third-order valence-electron chi connectivity index (χ3n) is 6.20. The van der Waals surface area contributed by atoms with E-state index in [1.807, 2.05) is 68.4 Å². The van der Waals surface area contributed by atoms with E-state index < -0.39 is 27.7 Å². The largest absolute Gasteiger partial charge is 0.506 e. The fourth-order valence-electron chi connectivity index (χ4n) is 4.31. The van der Waals surface area contributed by atoms with E-state index in [2.05, 4.69) is 15.4 Å². The molecule has 0 saturated heterocycles. The number of phenolic OH excluding ortho intramolecular Hbond substituents is 1. The third-order valence-corrected chi connectivity index (χ3v) is 6.79. The summed E-state index contributed by atoms with van der Waals surface area (Å²) in [5, 5.41) is 36.6. The van der Waals surface area contributed by atoms with Crippen LogP contribution in [0.3, 0.4) is 0 Å². The number of aliphatic hydroxyl groups excluding tert-OH is 2. The van der Waals surface area contributed by atoms with Crippen LogP contribution in [0.25, 0.3) is 0 Å². The Bertz CT molecular complexity index is 1360. The molecule has 0 radical (unpaired) electrons. The number of sulfonamides is 1. The molecule has 0 spiro atoms. The van der Waals surface area contributed by atoms with Crippen LogP contribution >= 0.6 is 0 Å². The van der Waals surface area contributed by atoms with Crippen molar-refractivity contribution in [2.75, 3.05) is 24.1 Å². The van der Waals surface area contributed by atoms with Gasteiger partial charge in [0.1, 0.15) is 5.75 Å². The van der Waals surface area contributed by atoms with Gasteiger partial charge in [-0.2, -0.15) is 0 Å². The molecule has 3 aromatic rings. The van der Waals surface area contributed by atoms with E-state index >= 15 is 0 Å². The minimum Gasteiger partial charge on any atom is -0.506 e. The number of aliphatic hydroxyl groups is 2. The number of β-amino-alcohol motifs (C(OH)–C–C–N with tert-alkyl or cyclic N) is 1. The second kappa shape index (κ2) is 13.1. The van der Waals surface area contributed by atoms with E-state index in [1.165, 1.54) is 18.2 Å². The Morgan fingerprint density at radius 2 is 1.64 bits per heavy atom. The zero-order valence-corrected chi connectivity index (χ0v) is 23.2. The first-order chi connectivity index (χ1) is 18.3. The second-order valence-electron chi connectivity index (χ2n) is 10.3. The lowest BCUT2D eigenvalue weighted by molar-refractivity contribution is -0.121. The smallest absolute Gasteiger partial charge is 0.229 e. The molecule has 10 heteroatoms. The Morgan fingerprint density at radius 3 is 2.31 bits per heavy atom. The second-order valence-corrected chi connectivity index (χ2v) is 12.1. The van der Waals surface area contributed by atoms with E-state index in [9.17, 15) is 28.5 Å². The van der Waals surface area contributed by atoms with Crippen molar-refractivity contribution in [2.24, 2.45) is 0 Å². The lowest BCUT2D eigenvalue weighted by Gasteiger charge is -2.28. The molecule has 0 aliphatic rings. The summed E-state index contributed by atoms with van der Waals surface area (Å²) in [6.45, 7) is 4.00. The van der Waals surface area contributed by atoms with Crippen LogP contribution in [0.2, 0.25) is 0 Å². The highest BCUT2D eigenvalue weighted by Crippen LogP contribution is 2.28. The average molecular weight is 556 g/mol. The molecular formula is C29H37N3O6S. The highest BCUT2D eigenvalue weighted by atomic mass is 32.2. The highest BCUT2D eigenvalue weighted by Gasteiger charge is 2.21. The van der Waals surface area contributed by atoms with Crippen LogP contribution in [0.4, 0.5) is 5.69 Å². The maximum absolute atomic E-state index is 12.7. The van der Waals surface area contributed by atoms with Crippen LogP contribution in [0.1, 0.15) is 48.2 Å². The Morgan fingerprint density at radius 1 is 0.949 bits per heavy atom. The number of amides is 1. The minimum absolute atomic E-state index is 0.00300. The van der Waals surface area contributed by atoms with Gasteiger partial charge in [0.2, 0.25) is 15.9 Å². The fourth-order valence-corrected chi connectivity index (χ4v) is 4.87. The van der Waals surface area contributed by atoms with Gasteiger partial charge < -0.3 is 26.0 Å². The molecule has 0 unspecified atom stereocenters. The van der Waals surface area contributed by atoms with Gasteiger partial charge in [0.15, 0.2) is 0 Å². The van der Waals surface area contributed by atoms with Crippen LogP contribution in [-0.4, -0.2) is 54.6 Å². The average Bonchev–Trinajstić information content (AvgIpc) is 2.87. The first-order valence-electron chi connectivity index (χ1n) is 12.6. The molecule has 210 valence electrons. The zero-order valence-electron chi connectivity index (χ0n) is 22.4. The molecule has 3 aromatic carbocycles. The molecule has 0 bridgehead atoms. The number of hydrogen-bond acceptors (Lipinski definition) is 7. The Kier molecular flexibility index (Phi) is 10.1. The number of rotatable bonds is 13. The van der Waals surface area contributed by atoms with Gasteiger partial charge >= 0.3 is 0 Å². The monoisotopic (exact) mass is 555 g/mol. The number of aromatic hydroxyl groups is 1. The van der Waals surface area contributed by atoms with Crippen molar-refractivity contribution in [3.8, 4) is 5.75 Å². The van der Waals surface area contributed by atoms with Gasteiger partial charge in [-0.25, -0.2) is 8.42 Å². The first-order valence-corrected chi connectivity index (χ1v) is 14.5.